The van der Waals surface area contributed by atoms with E-state index in [1.54, 1.807) is 0 Å². The van der Waals surface area contributed by atoms with E-state index in [1.165, 1.54) is 0 Å². The van der Waals surface area contributed by atoms with Crippen LogP contribution in [-0.2, 0) is 4.79 Å². The Labute approximate surface area is 112 Å². The first-order chi connectivity index (χ1) is 9.23. The number of benzene rings is 1. The van der Waals surface area contributed by atoms with Crippen LogP contribution in [0.5, 0.6) is 11.5 Å². The second kappa shape index (κ2) is 4.74. The number of ether oxygens (including phenoxy) is 2. The van der Waals surface area contributed by atoms with Crippen LogP contribution in [0, 0.1) is 5.41 Å². The Bertz CT molecular complexity index is 485. The molecule has 19 heavy (non-hydrogen) atoms. The lowest BCUT2D eigenvalue weighted by Gasteiger charge is -2.27. The van der Waals surface area contributed by atoms with Crippen molar-refractivity contribution in [2.75, 3.05) is 19.7 Å². The average Bonchev–Trinajstić information content (AvgIpc) is 3.25. The fourth-order valence-electron chi connectivity index (χ4n) is 2.23. The minimum atomic E-state index is -0.312. The van der Waals surface area contributed by atoms with Crippen LogP contribution in [0.2, 0.25) is 0 Å². The Morgan fingerprint density at radius 2 is 2.11 bits per heavy atom. The second-order valence-corrected chi connectivity index (χ2v) is 5.19. The van der Waals surface area contributed by atoms with Crippen molar-refractivity contribution < 1.29 is 14.3 Å². The number of nitrogens with one attached hydrogen (secondary N) is 1. The summed E-state index contributed by atoms with van der Waals surface area (Å²) in [5.41, 5.74) is 5.31. The highest BCUT2D eigenvalue weighted by Crippen LogP contribution is 2.44. The van der Waals surface area contributed by atoms with Crippen molar-refractivity contribution in [1.82, 2.24) is 5.32 Å². The van der Waals surface area contributed by atoms with Crippen LogP contribution in [0.25, 0.3) is 0 Å². The van der Waals surface area contributed by atoms with E-state index in [0.29, 0.717) is 19.7 Å². The summed E-state index contributed by atoms with van der Waals surface area (Å²) in [6.45, 7) is 1.32. The van der Waals surface area contributed by atoms with Crippen molar-refractivity contribution in [2.45, 2.75) is 18.9 Å². The first-order valence-electron chi connectivity index (χ1n) is 6.60. The predicted octanol–water partition coefficient (Wildman–Crippen LogP) is 0.681. The summed E-state index contributed by atoms with van der Waals surface area (Å²) >= 11 is 0. The fourth-order valence-corrected chi connectivity index (χ4v) is 2.23. The van der Waals surface area contributed by atoms with E-state index in [2.05, 4.69) is 5.32 Å². The van der Waals surface area contributed by atoms with Crippen LogP contribution in [0.15, 0.2) is 24.3 Å². The standard InChI is InChI=1S/C14H18N2O3/c15-9-14(5-6-14)13(17)16-7-10-8-18-11-3-1-2-4-12(11)19-10/h1-4,10H,5-9,15H2,(H,16,17). The van der Waals surface area contributed by atoms with Crippen molar-refractivity contribution >= 4 is 5.91 Å². The number of para-hydroxylation sites is 2. The molecule has 3 rings (SSSR count). The van der Waals surface area contributed by atoms with E-state index < -0.39 is 0 Å². The molecule has 2 aliphatic rings. The highest BCUT2D eigenvalue weighted by molar-refractivity contribution is 5.85. The monoisotopic (exact) mass is 262 g/mol. The van der Waals surface area contributed by atoms with E-state index in [-0.39, 0.29) is 17.4 Å². The molecule has 0 saturated heterocycles. The van der Waals surface area contributed by atoms with Gasteiger partial charge in [0.15, 0.2) is 11.5 Å². The highest BCUT2D eigenvalue weighted by Gasteiger charge is 2.48. The molecule has 0 bridgehead atoms. The quantitative estimate of drug-likeness (QED) is 0.837. The smallest absolute Gasteiger partial charge is 0.227 e. The van der Waals surface area contributed by atoms with Crippen molar-refractivity contribution in [3.63, 3.8) is 0 Å². The van der Waals surface area contributed by atoms with Crippen LogP contribution in [-0.4, -0.2) is 31.7 Å². The van der Waals surface area contributed by atoms with Gasteiger partial charge in [-0.05, 0) is 25.0 Å². The lowest BCUT2D eigenvalue weighted by atomic mass is 10.1. The number of carbonyl (C=O) groups is 1. The van der Waals surface area contributed by atoms with Gasteiger partial charge in [-0.25, -0.2) is 0 Å². The maximum Gasteiger partial charge on any atom is 0.227 e. The molecule has 1 aliphatic carbocycles. The topological polar surface area (TPSA) is 73.6 Å². The van der Waals surface area contributed by atoms with E-state index in [1.807, 2.05) is 24.3 Å². The number of rotatable bonds is 4. The number of hydrogen-bond donors (Lipinski definition) is 2. The number of carbonyl (C=O) groups excluding carboxylic acids is 1. The zero-order valence-electron chi connectivity index (χ0n) is 10.7. The first kappa shape index (κ1) is 12.3. The SMILES string of the molecule is NCC1(C(=O)NCC2COc3ccccc3O2)CC1. The lowest BCUT2D eigenvalue weighted by molar-refractivity contribution is -0.126. The summed E-state index contributed by atoms with van der Waals surface area (Å²) in [7, 11) is 0. The molecule has 102 valence electrons. The molecular weight excluding hydrogens is 244 g/mol. The van der Waals surface area contributed by atoms with Gasteiger partial charge in [-0.15, -0.1) is 0 Å². The molecule has 1 aromatic carbocycles. The molecule has 1 saturated carbocycles. The maximum absolute atomic E-state index is 12.0. The van der Waals surface area contributed by atoms with Gasteiger partial charge in [-0.3, -0.25) is 4.79 Å². The Morgan fingerprint density at radius 1 is 1.37 bits per heavy atom. The van der Waals surface area contributed by atoms with E-state index in [4.69, 9.17) is 15.2 Å². The summed E-state index contributed by atoms with van der Waals surface area (Å²) in [6.07, 6.45) is 1.63. The normalized spacial score (nSPS) is 22.7. The van der Waals surface area contributed by atoms with E-state index in [9.17, 15) is 4.79 Å². The zero-order chi connectivity index (χ0) is 13.3. The Balaban J connectivity index is 1.54. The second-order valence-electron chi connectivity index (χ2n) is 5.19. The molecule has 1 heterocycles. The Morgan fingerprint density at radius 3 is 2.79 bits per heavy atom. The summed E-state index contributed by atoms with van der Waals surface area (Å²) in [6, 6.07) is 7.54. The van der Waals surface area contributed by atoms with E-state index >= 15 is 0 Å². The molecule has 5 heteroatoms. The maximum atomic E-state index is 12.0. The van der Waals surface area contributed by atoms with Crippen LogP contribution in [0.4, 0.5) is 0 Å². The van der Waals surface area contributed by atoms with Crippen molar-refractivity contribution in [3.05, 3.63) is 24.3 Å². The van der Waals surface area contributed by atoms with Crippen molar-refractivity contribution in [3.8, 4) is 11.5 Å². The third-order valence-electron chi connectivity index (χ3n) is 3.78. The van der Waals surface area contributed by atoms with Gasteiger partial charge in [0, 0.05) is 6.54 Å². The van der Waals surface area contributed by atoms with Crippen LogP contribution >= 0.6 is 0 Å². The van der Waals surface area contributed by atoms with Gasteiger partial charge < -0.3 is 20.5 Å². The molecule has 3 N–H and O–H groups in total. The highest BCUT2D eigenvalue weighted by atomic mass is 16.6. The molecule has 5 nitrogen and oxygen atoms in total. The molecule has 1 aliphatic heterocycles. The largest absolute Gasteiger partial charge is 0.486 e. The minimum Gasteiger partial charge on any atom is -0.486 e. The zero-order valence-corrected chi connectivity index (χ0v) is 10.7. The molecule has 1 atom stereocenters. The molecule has 1 fully saturated rings. The molecule has 1 aromatic rings. The summed E-state index contributed by atoms with van der Waals surface area (Å²) in [5.74, 6) is 1.52. The summed E-state index contributed by atoms with van der Waals surface area (Å²) in [4.78, 5) is 12.0. The van der Waals surface area contributed by atoms with Crippen LogP contribution < -0.4 is 20.5 Å². The van der Waals surface area contributed by atoms with Gasteiger partial charge >= 0.3 is 0 Å². The fraction of sp³-hybridized carbons (Fsp3) is 0.500. The van der Waals surface area contributed by atoms with Crippen molar-refractivity contribution in [1.29, 1.82) is 0 Å². The number of nitrogens with two attached hydrogens (primary N) is 1. The van der Waals surface area contributed by atoms with Crippen LogP contribution in [0.3, 0.4) is 0 Å². The predicted molar refractivity (Wildman–Crippen MR) is 70.1 cm³/mol. The van der Waals surface area contributed by atoms with Gasteiger partial charge in [-0.1, -0.05) is 12.1 Å². The van der Waals surface area contributed by atoms with Crippen LogP contribution in [0.1, 0.15) is 12.8 Å². The average molecular weight is 262 g/mol. The Kier molecular flexibility index (Phi) is 3.06. The number of hydrogen-bond acceptors (Lipinski definition) is 4. The van der Waals surface area contributed by atoms with Gasteiger partial charge in [0.2, 0.25) is 5.91 Å². The lowest BCUT2D eigenvalue weighted by Crippen LogP contribution is -2.44. The molecule has 0 aromatic heterocycles. The van der Waals surface area contributed by atoms with Crippen molar-refractivity contribution in [2.24, 2.45) is 11.1 Å². The first-order valence-corrected chi connectivity index (χ1v) is 6.60. The molecule has 0 radical (unpaired) electrons. The molecule has 1 unspecified atom stereocenters. The van der Waals surface area contributed by atoms with Gasteiger partial charge in [-0.2, -0.15) is 0 Å². The van der Waals surface area contributed by atoms with E-state index in [0.717, 1.165) is 24.3 Å². The minimum absolute atomic E-state index is 0.0393. The molecule has 0 spiro atoms. The third kappa shape index (κ3) is 2.38. The van der Waals surface area contributed by atoms with Gasteiger partial charge in [0.05, 0.1) is 12.0 Å². The van der Waals surface area contributed by atoms with Gasteiger partial charge in [0.25, 0.3) is 0 Å². The molecular formula is C14H18N2O3. The number of fused-ring (bicyclic) bond motifs is 1. The summed E-state index contributed by atoms with van der Waals surface area (Å²) in [5, 5.41) is 2.91. The third-order valence-corrected chi connectivity index (χ3v) is 3.78. The Hall–Kier alpha value is -1.75. The number of amides is 1. The van der Waals surface area contributed by atoms with Gasteiger partial charge in [0.1, 0.15) is 12.7 Å². The molecule has 1 amide bonds. The summed E-state index contributed by atoms with van der Waals surface area (Å²) < 4.78 is 11.4.